The van der Waals surface area contributed by atoms with Crippen LogP contribution in [0.1, 0.15) is 60.3 Å². The quantitative estimate of drug-likeness (QED) is 0.497. The van der Waals surface area contributed by atoms with Gasteiger partial charge in [-0.2, -0.15) is 5.26 Å². The summed E-state index contributed by atoms with van der Waals surface area (Å²) in [4.78, 5) is 13.2. The molecular formula is C24H35NO4. The van der Waals surface area contributed by atoms with Gasteiger partial charge in [-0.3, -0.25) is 4.79 Å². The lowest BCUT2D eigenvalue weighted by molar-refractivity contribution is -0.199. The lowest BCUT2D eigenvalue weighted by Crippen LogP contribution is -2.62. The number of hydrogen-bond donors (Lipinski definition) is 1. The Kier molecular flexibility index (Phi) is 4.91. The van der Waals surface area contributed by atoms with Crippen LogP contribution in [-0.4, -0.2) is 30.6 Å². The van der Waals surface area contributed by atoms with Gasteiger partial charge >= 0.3 is 5.97 Å². The lowest BCUT2D eigenvalue weighted by atomic mass is 9.43. The monoisotopic (exact) mass is 401 g/mol. The Morgan fingerprint density at radius 2 is 2.03 bits per heavy atom. The van der Waals surface area contributed by atoms with Crippen molar-refractivity contribution in [3.05, 3.63) is 11.6 Å². The molecular weight excluding hydrogens is 366 g/mol. The van der Waals surface area contributed by atoms with E-state index in [1.54, 1.807) is 0 Å². The summed E-state index contributed by atoms with van der Waals surface area (Å²) in [5, 5.41) is 21.5. The Hall–Kier alpha value is -1.38. The molecule has 4 aliphatic rings. The summed E-state index contributed by atoms with van der Waals surface area (Å²) < 4.78 is 11.8. The fraction of sp³-hybridized carbons (Fsp3) is 0.833. The van der Waals surface area contributed by atoms with Crippen molar-refractivity contribution in [3.8, 4) is 6.07 Å². The van der Waals surface area contributed by atoms with Gasteiger partial charge in [0.05, 0.1) is 18.1 Å². The van der Waals surface area contributed by atoms with E-state index in [2.05, 4.69) is 32.9 Å². The number of rotatable bonds is 7. The normalized spacial score (nSPS) is 45.8. The number of carboxylic acids is 1. The first kappa shape index (κ1) is 20.9. The SMILES string of the molecule is CCOC(C)OCC12CC3C(C)CCC3C3(C#N)CC1C=C(C(C)C)C32C(=O)O. The zero-order valence-electron chi connectivity index (χ0n) is 18.4. The van der Waals surface area contributed by atoms with E-state index in [-0.39, 0.29) is 24.0 Å². The molecule has 0 heterocycles. The highest BCUT2D eigenvalue weighted by atomic mass is 16.7. The van der Waals surface area contributed by atoms with Crippen LogP contribution in [0.4, 0.5) is 0 Å². The van der Waals surface area contributed by atoms with Crippen LogP contribution >= 0.6 is 0 Å². The number of carbonyl (C=O) groups is 1. The third-order valence-corrected chi connectivity index (χ3v) is 9.01. The average molecular weight is 402 g/mol. The number of fused-ring (bicyclic) bond motifs is 2. The van der Waals surface area contributed by atoms with Crippen molar-refractivity contribution in [1.29, 1.82) is 5.26 Å². The van der Waals surface area contributed by atoms with E-state index in [9.17, 15) is 15.2 Å². The zero-order chi connectivity index (χ0) is 21.2. The van der Waals surface area contributed by atoms with E-state index in [1.165, 1.54) is 0 Å². The molecule has 4 aliphatic carbocycles. The number of allylic oxidation sites excluding steroid dienone is 1. The Morgan fingerprint density at radius 1 is 1.31 bits per heavy atom. The smallest absolute Gasteiger partial charge is 0.316 e. The fourth-order valence-corrected chi connectivity index (χ4v) is 8.09. The number of carboxylic acid groups (broad SMARTS) is 1. The van der Waals surface area contributed by atoms with Gasteiger partial charge < -0.3 is 14.6 Å². The van der Waals surface area contributed by atoms with E-state index in [0.29, 0.717) is 31.5 Å². The standard InChI is InChI=1S/C24H35NO4/c1-6-28-16(5)29-13-23-11-18-15(4)7-8-19(18)22(12-25)10-17(23)9-20(14(2)3)24(22,23)21(26)27/h9,14-19H,6-8,10-11,13H2,1-5H3,(H,26,27). The molecule has 0 aromatic carbocycles. The summed E-state index contributed by atoms with van der Waals surface area (Å²) in [6.45, 7) is 11.1. The van der Waals surface area contributed by atoms with Gasteiger partial charge in [0, 0.05) is 12.0 Å². The molecule has 0 spiro atoms. The second-order valence-electron chi connectivity index (χ2n) is 10.2. The molecule has 0 saturated heterocycles. The molecule has 29 heavy (non-hydrogen) atoms. The first-order chi connectivity index (χ1) is 13.7. The minimum Gasteiger partial charge on any atom is -0.481 e. The predicted molar refractivity (Wildman–Crippen MR) is 109 cm³/mol. The molecule has 8 atom stereocenters. The zero-order valence-corrected chi connectivity index (χ0v) is 18.4. The minimum absolute atomic E-state index is 0.0854. The van der Waals surface area contributed by atoms with Crippen molar-refractivity contribution in [3.63, 3.8) is 0 Å². The summed E-state index contributed by atoms with van der Waals surface area (Å²) >= 11 is 0. The highest BCUT2D eigenvalue weighted by molar-refractivity contribution is 5.85. The van der Waals surface area contributed by atoms with Crippen LogP contribution in [0.25, 0.3) is 0 Å². The van der Waals surface area contributed by atoms with Crippen LogP contribution in [-0.2, 0) is 14.3 Å². The highest BCUT2D eigenvalue weighted by Gasteiger charge is 2.84. The molecule has 1 N–H and O–H groups in total. The van der Waals surface area contributed by atoms with Crippen LogP contribution in [0.3, 0.4) is 0 Å². The van der Waals surface area contributed by atoms with Crippen molar-refractivity contribution < 1.29 is 19.4 Å². The molecule has 0 aliphatic heterocycles. The number of hydrogen-bond acceptors (Lipinski definition) is 4. The molecule has 3 saturated carbocycles. The maximum Gasteiger partial charge on any atom is 0.316 e. The van der Waals surface area contributed by atoms with E-state index in [4.69, 9.17) is 9.47 Å². The average Bonchev–Trinajstić information content (AvgIpc) is 3.24. The van der Waals surface area contributed by atoms with Gasteiger partial charge in [0.2, 0.25) is 0 Å². The molecule has 5 nitrogen and oxygen atoms in total. The van der Waals surface area contributed by atoms with E-state index < -0.39 is 22.2 Å². The molecule has 4 bridgehead atoms. The first-order valence-corrected chi connectivity index (χ1v) is 11.3. The molecule has 0 radical (unpaired) electrons. The van der Waals surface area contributed by atoms with Crippen molar-refractivity contribution >= 4 is 5.97 Å². The van der Waals surface area contributed by atoms with Gasteiger partial charge in [0.15, 0.2) is 6.29 Å². The summed E-state index contributed by atoms with van der Waals surface area (Å²) in [6.07, 6.45) is 5.40. The minimum atomic E-state index is -1.15. The van der Waals surface area contributed by atoms with Crippen LogP contribution in [0.2, 0.25) is 0 Å². The molecule has 8 unspecified atom stereocenters. The molecule has 0 aromatic heterocycles. The van der Waals surface area contributed by atoms with E-state index in [0.717, 1.165) is 24.8 Å². The van der Waals surface area contributed by atoms with Crippen LogP contribution in [0, 0.1) is 57.2 Å². The van der Waals surface area contributed by atoms with Gasteiger partial charge in [-0.1, -0.05) is 38.8 Å². The maximum atomic E-state index is 13.2. The highest BCUT2D eigenvalue weighted by Crippen LogP contribution is 2.83. The van der Waals surface area contributed by atoms with E-state index >= 15 is 0 Å². The van der Waals surface area contributed by atoms with Crippen LogP contribution < -0.4 is 0 Å². The number of nitriles is 1. The van der Waals surface area contributed by atoms with Crippen molar-refractivity contribution in [2.45, 2.75) is 66.6 Å². The van der Waals surface area contributed by atoms with Gasteiger partial charge in [-0.25, -0.2) is 0 Å². The van der Waals surface area contributed by atoms with Crippen molar-refractivity contribution in [2.24, 2.45) is 45.8 Å². The topological polar surface area (TPSA) is 79.5 Å². The Labute approximate surface area is 174 Å². The number of ether oxygens (including phenoxy) is 2. The summed E-state index contributed by atoms with van der Waals surface area (Å²) in [5.41, 5.74) is -1.57. The van der Waals surface area contributed by atoms with Crippen LogP contribution in [0.15, 0.2) is 11.6 Å². The molecule has 160 valence electrons. The van der Waals surface area contributed by atoms with Gasteiger partial charge in [-0.05, 0) is 62.7 Å². The molecule has 3 fully saturated rings. The Bertz CT molecular complexity index is 769. The second kappa shape index (κ2) is 6.82. The fourth-order valence-electron chi connectivity index (χ4n) is 8.09. The van der Waals surface area contributed by atoms with Gasteiger partial charge in [0.1, 0.15) is 5.41 Å². The summed E-state index contributed by atoms with van der Waals surface area (Å²) in [6, 6.07) is 2.67. The third-order valence-electron chi connectivity index (χ3n) is 9.01. The number of aliphatic carboxylic acids is 1. The third kappa shape index (κ3) is 2.31. The largest absolute Gasteiger partial charge is 0.481 e. The van der Waals surface area contributed by atoms with Crippen molar-refractivity contribution in [1.82, 2.24) is 0 Å². The maximum absolute atomic E-state index is 13.2. The lowest BCUT2D eigenvalue weighted by Gasteiger charge is -2.57. The molecule has 0 aromatic rings. The van der Waals surface area contributed by atoms with Gasteiger partial charge in [-0.15, -0.1) is 0 Å². The first-order valence-electron chi connectivity index (χ1n) is 11.3. The number of nitrogens with zero attached hydrogens (tertiary/aromatic N) is 1. The van der Waals surface area contributed by atoms with Crippen molar-refractivity contribution in [2.75, 3.05) is 13.2 Å². The molecule has 5 heteroatoms. The Morgan fingerprint density at radius 3 is 2.62 bits per heavy atom. The second-order valence-corrected chi connectivity index (χ2v) is 10.2. The molecule has 0 amide bonds. The van der Waals surface area contributed by atoms with E-state index in [1.807, 2.05) is 13.8 Å². The van der Waals surface area contributed by atoms with Crippen LogP contribution in [0.5, 0.6) is 0 Å². The molecule has 4 rings (SSSR count). The summed E-state index contributed by atoms with van der Waals surface area (Å²) in [5.74, 6) is 0.472. The predicted octanol–water partition coefficient (Wildman–Crippen LogP) is 4.63. The van der Waals surface area contributed by atoms with Gasteiger partial charge in [0.25, 0.3) is 0 Å². The summed E-state index contributed by atoms with van der Waals surface area (Å²) in [7, 11) is 0. The Balaban J connectivity index is 1.89.